The lowest BCUT2D eigenvalue weighted by Gasteiger charge is -2.31. The van der Waals surface area contributed by atoms with Crippen LogP contribution in [0.2, 0.25) is 0 Å². The molecule has 2 heterocycles. The minimum absolute atomic E-state index is 0.0512. The van der Waals surface area contributed by atoms with Gasteiger partial charge < -0.3 is 19.7 Å². The van der Waals surface area contributed by atoms with Crippen LogP contribution in [0.3, 0.4) is 0 Å². The van der Waals surface area contributed by atoms with Crippen LogP contribution in [0.15, 0.2) is 46.9 Å². The summed E-state index contributed by atoms with van der Waals surface area (Å²) in [5.74, 6) is -0.304. The molecule has 2 saturated carbocycles. The summed E-state index contributed by atoms with van der Waals surface area (Å²) in [4.78, 5) is 30.3. The number of tetrazole rings is 1. The number of ether oxygens (including phenoxy) is 1. The van der Waals surface area contributed by atoms with Crippen LogP contribution < -0.4 is 0 Å². The molecule has 1 amide bonds. The van der Waals surface area contributed by atoms with E-state index in [4.69, 9.17) is 4.74 Å². The van der Waals surface area contributed by atoms with Crippen molar-refractivity contribution in [3.05, 3.63) is 52.5 Å². The first-order chi connectivity index (χ1) is 18.4. The second-order valence-corrected chi connectivity index (χ2v) is 11.0. The van der Waals surface area contributed by atoms with Gasteiger partial charge in [-0.1, -0.05) is 43.2 Å². The van der Waals surface area contributed by atoms with E-state index in [0.29, 0.717) is 18.7 Å². The molecule has 0 unspecified atom stereocenters. The maximum absolute atomic E-state index is 13.1. The summed E-state index contributed by atoms with van der Waals surface area (Å²) in [5, 5.41) is 25.1. The number of amides is 1. The summed E-state index contributed by atoms with van der Waals surface area (Å²) in [6.45, 7) is 0.432. The number of fused-ring (bicyclic) bond motifs is 1. The fraction of sp³-hybridized carbons (Fsp3) is 0.370. The molecule has 2 aromatic carbocycles. The molecule has 0 radical (unpaired) electrons. The minimum Gasteiger partial charge on any atom is -0.481 e. The number of carboxylic acid groups (broad SMARTS) is 1. The average Bonchev–Trinajstić information content (AvgIpc) is 3.28. The van der Waals surface area contributed by atoms with Crippen LogP contribution in [-0.4, -0.2) is 60.3 Å². The smallest absolute Gasteiger partial charge is 0.410 e. The van der Waals surface area contributed by atoms with Crippen molar-refractivity contribution >= 4 is 38.9 Å². The van der Waals surface area contributed by atoms with Crippen molar-refractivity contribution in [1.82, 2.24) is 30.5 Å². The van der Waals surface area contributed by atoms with Gasteiger partial charge in [0.1, 0.15) is 6.10 Å². The van der Waals surface area contributed by atoms with E-state index in [1.165, 1.54) is 0 Å². The Labute approximate surface area is 226 Å². The minimum atomic E-state index is -0.915. The number of H-pyrrole nitrogens is 2. The van der Waals surface area contributed by atoms with Gasteiger partial charge in [0.2, 0.25) is 5.82 Å². The van der Waals surface area contributed by atoms with E-state index >= 15 is 0 Å². The molecule has 0 saturated heterocycles. The maximum atomic E-state index is 13.1. The normalized spacial score (nSPS) is 16.6. The van der Waals surface area contributed by atoms with Gasteiger partial charge >= 0.3 is 12.1 Å². The van der Waals surface area contributed by atoms with Gasteiger partial charge in [0.25, 0.3) is 0 Å². The van der Waals surface area contributed by atoms with Gasteiger partial charge in [0, 0.05) is 29.6 Å². The summed E-state index contributed by atoms with van der Waals surface area (Å²) in [6, 6.07) is 13.8. The molecule has 4 aromatic rings. The average molecular weight is 579 g/mol. The molecular formula is C27H27BrN6O4. The predicted molar refractivity (Wildman–Crippen MR) is 143 cm³/mol. The highest BCUT2D eigenvalue weighted by molar-refractivity contribution is 9.10. The van der Waals surface area contributed by atoms with Crippen molar-refractivity contribution in [2.45, 2.75) is 51.2 Å². The third kappa shape index (κ3) is 4.78. The third-order valence-corrected chi connectivity index (χ3v) is 8.33. The lowest BCUT2D eigenvalue weighted by atomic mass is 9.85. The van der Waals surface area contributed by atoms with Crippen molar-refractivity contribution in [2.75, 3.05) is 6.54 Å². The van der Waals surface area contributed by atoms with E-state index in [-0.39, 0.29) is 19.2 Å². The number of aromatic nitrogens is 5. The van der Waals surface area contributed by atoms with Gasteiger partial charge in [0.15, 0.2) is 0 Å². The van der Waals surface area contributed by atoms with Crippen molar-refractivity contribution in [1.29, 1.82) is 0 Å². The monoisotopic (exact) mass is 578 g/mol. The van der Waals surface area contributed by atoms with Crippen molar-refractivity contribution in [3.8, 4) is 22.6 Å². The number of nitrogens with zero attached hydrogens (tertiary/aromatic N) is 4. The van der Waals surface area contributed by atoms with E-state index in [2.05, 4.69) is 41.5 Å². The maximum Gasteiger partial charge on any atom is 0.410 e. The Bertz CT molecular complexity index is 1470. The van der Waals surface area contributed by atoms with E-state index in [1.807, 2.05) is 42.5 Å². The molecule has 2 aliphatic carbocycles. The van der Waals surface area contributed by atoms with Crippen LogP contribution >= 0.6 is 15.9 Å². The number of halogens is 1. The molecule has 10 nitrogen and oxygen atoms in total. The fourth-order valence-corrected chi connectivity index (χ4v) is 5.89. The number of carbonyl (C=O) groups is 2. The molecule has 38 heavy (non-hydrogen) atoms. The van der Waals surface area contributed by atoms with Gasteiger partial charge in [-0.3, -0.25) is 4.79 Å². The number of hydrogen-bond donors (Lipinski definition) is 3. The predicted octanol–water partition coefficient (Wildman–Crippen LogP) is 5.52. The highest BCUT2D eigenvalue weighted by Gasteiger charge is 2.44. The molecule has 6 rings (SSSR count). The number of benzene rings is 2. The van der Waals surface area contributed by atoms with Crippen molar-refractivity contribution < 1.29 is 19.4 Å². The molecule has 0 spiro atoms. The molecule has 0 atom stereocenters. The largest absolute Gasteiger partial charge is 0.481 e. The molecule has 3 N–H and O–H groups in total. The lowest BCUT2D eigenvalue weighted by Crippen LogP contribution is -2.44. The van der Waals surface area contributed by atoms with Crippen molar-refractivity contribution in [2.24, 2.45) is 5.41 Å². The Morgan fingerprint density at radius 3 is 2.50 bits per heavy atom. The first kappa shape index (κ1) is 24.6. The molecule has 196 valence electrons. The highest BCUT2D eigenvalue weighted by atomic mass is 79.9. The number of rotatable bonds is 8. The Hall–Kier alpha value is -3.73. The van der Waals surface area contributed by atoms with Crippen LogP contribution in [0.4, 0.5) is 4.79 Å². The molecule has 0 bridgehead atoms. The lowest BCUT2D eigenvalue weighted by molar-refractivity contribution is -0.149. The second kappa shape index (κ2) is 9.86. The van der Waals surface area contributed by atoms with Gasteiger partial charge in [-0.05, 0) is 70.1 Å². The number of hydrogen-bond acceptors (Lipinski definition) is 6. The number of aliphatic carboxylic acids is 1. The number of carbonyl (C=O) groups excluding carboxylic acids is 1. The Balaban J connectivity index is 1.27. The zero-order valence-electron chi connectivity index (χ0n) is 20.6. The number of aromatic amines is 2. The zero-order valence-corrected chi connectivity index (χ0v) is 22.2. The second-order valence-electron chi connectivity index (χ2n) is 10.2. The fourth-order valence-electron chi connectivity index (χ4n) is 5.24. The van der Waals surface area contributed by atoms with Crippen molar-refractivity contribution in [3.63, 3.8) is 0 Å². The topological polar surface area (TPSA) is 137 Å². The van der Waals surface area contributed by atoms with Crippen LogP contribution in [0.25, 0.3) is 33.5 Å². The van der Waals surface area contributed by atoms with Crippen LogP contribution in [0.1, 0.15) is 44.1 Å². The number of carboxylic acids is 1. The first-order valence-electron chi connectivity index (χ1n) is 12.8. The first-order valence-corrected chi connectivity index (χ1v) is 13.5. The Morgan fingerprint density at radius 2 is 1.84 bits per heavy atom. The summed E-state index contributed by atoms with van der Waals surface area (Å²) in [5.41, 5.74) is 3.71. The summed E-state index contributed by atoms with van der Waals surface area (Å²) in [7, 11) is 0. The van der Waals surface area contributed by atoms with E-state index in [1.54, 1.807) is 4.90 Å². The van der Waals surface area contributed by atoms with Gasteiger partial charge in [-0.2, -0.15) is 5.21 Å². The molecule has 11 heteroatoms. The molecule has 2 fully saturated rings. The standard InChI is InChI=1S/C27H27BrN6O4/c28-22-20-13-16(14-34(26(37)38-19-8-9-19)15-27(25(35)36)11-1-2-12-27)3-10-21(20)29-23(22)17-4-6-18(7-5-17)24-30-32-33-31-24/h3-7,10,13,19,29H,1-2,8-9,11-12,14-15H2,(H,35,36)(H,30,31,32,33). The van der Waals surface area contributed by atoms with E-state index in [9.17, 15) is 14.7 Å². The Kier molecular flexibility index (Phi) is 6.38. The van der Waals surface area contributed by atoms with Gasteiger partial charge in [-0.25, -0.2) is 4.79 Å². The van der Waals surface area contributed by atoms with Crippen LogP contribution in [-0.2, 0) is 16.1 Å². The third-order valence-electron chi connectivity index (χ3n) is 7.51. The molecule has 2 aromatic heterocycles. The molecule has 0 aliphatic heterocycles. The molecule has 2 aliphatic rings. The van der Waals surface area contributed by atoms with E-state index < -0.39 is 17.5 Å². The van der Waals surface area contributed by atoms with E-state index in [0.717, 1.165) is 63.4 Å². The SMILES string of the molecule is O=C(OC1CC1)N(Cc1ccc2[nH]c(-c3ccc(-c4nn[nH]n4)cc3)c(Br)c2c1)CC1(C(=O)O)CCCC1. The Morgan fingerprint density at radius 1 is 1.11 bits per heavy atom. The summed E-state index contributed by atoms with van der Waals surface area (Å²) < 4.78 is 6.51. The summed E-state index contributed by atoms with van der Waals surface area (Å²) in [6.07, 6.45) is 4.12. The molecular weight excluding hydrogens is 552 g/mol. The van der Waals surface area contributed by atoms with Gasteiger partial charge in [-0.15, -0.1) is 10.2 Å². The summed E-state index contributed by atoms with van der Waals surface area (Å²) >= 11 is 3.76. The van der Waals surface area contributed by atoms with Gasteiger partial charge in [0.05, 0.1) is 15.6 Å². The number of nitrogens with one attached hydrogen (secondary N) is 2. The zero-order chi connectivity index (χ0) is 26.3. The van der Waals surface area contributed by atoms with Crippen LogP contribution in [0.5, 0.6) is 0 Å². The quantitative estimate of drug-likeness (QED) is 0.250. The van der Waals surface area contributed by atoms with Crippen LogP contribution in [0, 0.1) is 5.41 Å². The highest BCUT2D eigenvalue weighted by Crippen LogP contribution is 2.40.